The zero-order chi connectivity index (χ0) is 10.3. The smallest absolute Gasteiger partial charge is 0.377 e. The molecule has 0 spiro atoms. The summed E-state index contributed by atoms with van der Waals surface area (Å²) in [5, 5.41) is 0. The topological polar surface area (TPSA) is 27.7 Å². The zero-order valence-corrected chi connectivity index (χ0v) is 10.4. The first-order chi connectivity index (χ1) is 6.16. The van der Waals surface area contributed by atoms with Crippen molar-refractivity contribution in [3.8, 4) is 0 Å². The predicted octanol–water partition coefficient (Wildman–Crippen LogP) is 2.44. The standard InChI is InChI=1S/C9H22O3Si/c1-6-7-8-9(2)13(10-3,11-4)12-5/h9H,6-8H2,1-5H3. The van der Waals surface area contributed by atoms with Crippen molar-refractivity contribution in [1.29, 1.82) is 0 Å². The average Bonchev–Trinajstić information content (AvgIpc) is 2.18. The van der Waals surface area contributed by atoms with Crippen LogP contribution in [0.5, 0.6) is 0 Å². The molecule has 0 radical (unpaired) electrons. The van der Waals surface area contributed by atoms with E-state index in [9.17, 15) is 0 Å². The van der Waals surface area contributed by atoms with Gasteiger partial charge in [0, 0.05) is 26.9 Å². The average molecular weight is 206 g/mol. The van der Waals surface area contributed by atoms with Gasteiger partial charge in [-0.05, 0) is 6.42 Å². The van der Waals surface area contributed by atoms with Crippen molar-refractivity contribution in [2.24, 2.45) is 0 Å². The summed E-state index contributed by atoms with van der Waals surface area (Å²) in [5.41, 5.74) is 0.382. The maximum atomic E-state index is 5.39. The van der Waals surface area contributed by atoms with E-state index in [-0.39, 0.29) is 0 Å². The van der Waals surface area contributed by atoms with E-state index in [4.69, 9.17) is 13.3 Å². The van der Waals surface area contributed by atoms with Gasteiger partial charge in [-0.1, -0.05) is 26.7 Å². The minimum atomic E-state index is -2.36. The third-order valence-electron chi connectivity index (χ3n) is 2.45. The van der Waals surface area contributed by atoms with Crippen molar-refractivity contribution in [2.45, 2.75) is 38.7 Å². The summed E-state index contributed by atoms with van der Waals surface area (Å²) in [5.74, 6) is 0. The summed E-state index contributed by atoms with van der Waals surface area (Å²) in [6.07, 6.45) is 3.51. The monoisotopic (exact) mass is 206 g/mol. The SMILES string of the molecule is CCCCC(C)[Si](OC)(OC)OC. The Bertz CT molecular complexity index is 118. The van der Waals surface area contributed by atoms with E-state index in [1.165, 1.54) is 12.8 Å². The van der Waals surface area contributed by atoms with Crippen molar-refractivity contribution >= 4 is 8.80 Å². The minimum Gasteiger partial charge on any atom is -0.377 e. The Labute approximate surface area is 82.8 Å². The summed E-state index contributed by atoms with van der Waals surface area (Å²) >= 11 is 0. The Morgan fingerprint density at radius 3 is 1.85 bits per heavy atom. The molecule has 0 fully saturated rings. The number of rotatable bonds is 7. The van der Waals surface area contributed by atoms with Gasteiger partial charge in [0.15, 0.2) is 0 Å². The molecule has 1 unspecified atom stereocenters. The fourth-order valence-corrected chi connectivity index (χ4v) is 3.81. The number of hydrogen-bond donors (Lipinski definition) is 0. The molecule has 13 heavy (non-hydrogen) atoms. The molecule has 0 bridgehead atoms. The summed E-state index contributed by atoms with van der Waals surface area (Å²) in [6, 6.07) is 0. The highest BCUT2D eigenvalue weighted by molar-refractivity contribution is 6.62. The highest BCUT2D eigenvalue weighted by Crippen LogP contribution is 2.28. The summed E-state index contributed by atoms with van der Waals surface area (Å²) in [7, 11) is 2.65. The second kappa shape index (κ2) is 6.54. The lowest BCUT2D eigenvalue weighted by Crippen LogP contribution is -2.46. The molecule has 4 heteroatoms. The molecular weight excluding hydrogens is 184 g/mol. The molecule has 0 saturated carbocycles. The third-order valence-corrected chi connectivity index (χ3v) is 5.65. The Balaban J connectivity index is 4.17. The van der Waals surface area contributed by atoms with Crippen LogP contribution in [0.25, 0.3) is 0 Å². The number of unbranched alkanes of at least 4 members (excludes halogenated alkanes) is 1. The minimum absolute atomic E-state index is 0.382. The third kappa shape index (κ3) is 3.38. The molecule has 0 N–H and O–H groups in total. The van der Waals surface area contributed by atoms with Crippen LogP contribution in [-0.4, -0.2) is 30.1 Å². The molecular formula is C9H22O3Si. The van der Waals surface area contributed by atoms with Crippen molar-refractivity contribution in [2.75, 3.05) is 21.3 Å². The molecule has 0 saturated heterocycles. The van der Waals surface area contributed by atoms with Gasteiger partial charge in [-0.25, -0.2) is 0 Å². The van der Waals surface area contributed by atoms with Crippen LogP contribution in [0.3, 0.4) is 0 Å². The molecule has 0 rings (SSSR count). The maximum absolute atomic E-state index is 5.39. The Kier molecular flexibility index (Phi) is 6.58. The molecule has 0 aromatic carbocycles. The lowest BCUT2D eigenvalue weighted by Gasteiger charge is -2.30. The Hall–Kier alpha value is 0.0969. The van der Waals surface area contributed by atoms with E-state index >= 15 is 0 Å². The van der Waals surface area contributed by atoms with Gasteiger partial charge in [0.2, 0.25) is 0 Å². The highest BCUT2D eigenvalue weighted by atomic mass is 28.4. The molecule has 0 aliphatic heterocycles. The first kappa shape index (κ1) is 13.1. The summed E-state index contributed by atoms with van der Waals surface area (Å²) in [4.78, 5) is 0. The lowest BCUT2D eigenvalue weighted by atomic mass is 10.2. The van der Waals surface area contributed by atoms with Crippen LogP contribution in [0.4, 0.5) is 0 Å². The van der Waals surface area contributed by atoms with Crippen molar-refractivity contribution < 1.29 is 13.3 Å². The Morgan fingerprint density at radius 2 is 1.54 bits per heavy atom. The molecule has 0 aromatic rings. The van der Waals surface area contributed by atoms with Crippen LogP contribution in [0.1, 0.15) is 33.1 Å². The Morgan fingerprint density at radius 1 is 1.08 bits per heavy atom. The van der Waals surface area contributed by atoms with Crippen molar-refractivity contribution in [3.05, 3.63) is 0 Å². The second-order valence-corrected chi connectivity index (χ2v) is 6.68. The van der Waals surface area contributed by atoms with Gasteiger partial charge in [0.25, 0.3) is 0 Å². The van der Waals surface area contributed by atoms with Crippen LogP contribution in [0, 0.1) is 0 Å². The largest absolute Gasteiger partial charge is 0.503 e. The summed E-state index contributed by atoms with van der Waals surface area (Å²) in [6.45, 7) is 4.32. The molecule has 3 nitrogen and oxygen atoms in total. The molecule has 0 aliphatic carbocycles. The van der Waals surface area contributed by atoms with Crippen LogP contribution in [-0.2, 0) is 13.3 Å². The van der Waals surface area contributed by atoms with Gasteiger partial charge < -0.3 is 13.3 Å². The first-order valence-electron chi connectivity index (χ1n) is 4.82. The van der Waals surface area contributed by atoms with E-state index in [1.807, 2.05) is 0 Å². The predicted molar refractivity (Wildman–Crippen MR) is 55.7 cm³/mol. The van der Waals surface area contributed by atoms with E-state index in [0.717, 1.165) is 6.42 Å². The van der Waals surface area contributed by atoms with Crippen molar-refractivity contribution in [3.63, 3.8) is 0 Å². The second-order valence-electron chi connectivity index (χ2n) is 3.26. The molecule has 80 valence electrons. The quantitative estimate of drug-likeness (QED) is 0.599. The van der Waals surface area contributed by atoms with Crippen LogP contribution in [0.2, 0.25) is 5.54 Å². The van der Waals surface area contributed by atoms with Gasteiger partial charge in [-0.3, -0.25) is 0 Å². The van der Waals surface area contributed by atoms with Gasteiger partial charge in [0.05, 0.1) is 0 Å². The molecule has 1 atom stereocenters. The maximum Gasteiger partial charge on any atom is 0.503 e. The summed E-state index contributed by atoms with van der Waals surface area (Å²) < 4.78 is 16.2. The first-order valence-corrected chi connectivity index (χ1v) is 6.62. The van der Waals surface area contributed by atoms with Gasteiger partial charge >= 0.3 is 8.80 Å². The van der Waals surface area contributed by atoms with E-state index in [1.54, 1.807) is 21.3 Å². The van der Waals surface area contributed by atoms with Gasteiger partial charge in [-0.15, -0.1) is 0 Å². The van der Waals surface area contributed by atoms with Crippen LogP contribution < -0.4 is 0 Å². The molecule has 0 aromatic heterocycles. The lowest BCUT2D eigenvalue weighted by molar-refractivity contribution is 0.111. The van der Waals surface area contributed by atoms with Crippen LogP contribution in [0.15, 0.2) is 0 Å². The van der Waals surface area contributed by atoms with Gasteiger partial charge in [0.1, 0.15) is 0 Å². The van der Waals surface area contributed by atoms with E-state index in [0.29, 0.717) is 5.54 Å². The van der Waals surface area contributed by atoms with Crippen LogP contribution >= 0.6 is 0 Å². The molecule has 0 amide bonds. The van der Waals surface area contributed by atoms with E-state index in [2.05, 4.69) is 13.8 Å². The molecule has 0 aliphatic rings. The fraction of sp³-hybridized carbons (Fsp3) is 1.00. The fourth-order valence-electron chi connectivity index (χ4n) is 1.54. The van der Waals surface area contributed by atoms with E-state index < -0.39 is 8.80 Å². The normalized spacial score (nSPS) is 14.5. The van der Waals surface area contributed by atoms with Gasteiger partial charge in [-0.2, -0.15) is 0 Å². The molecule has 0 heterocycles. The zero-order valence-electron chi connectivity index (χ0n) is 9.42. The van der Waals surface area contributed by atoms with Crippen molar-refractivity contribution in [1.82, 2.24) is 0 Å². The highest BCUT2D eigenvalue weighted by Gasteiger charge is 2.43. The number of hydrogen-bond acceptors (Lipinski definition) is 3.